The molecule has 26 heavy (non-hydrogen) atoms. The topological polar surface area (TPSA) is 36.9 Å². The molecule has 0 heterocycles. The molecule has 0 saturated heterocycles. The van der Waals surface area contributed by atoms with Crippen molar-refractivity contribution in [1.29, 1.82) is 0 Å². The fraction of sp³-hybridized carbons (Fsp3) is 1.00. The summed E-state index contributed by atoms with van der Waals surface area (Å²) in [6.45, 7) is 15.0. The number of rotatable bonds is 19. The van der Waals surface area contributed by atoms with E-state index >= 15 is 0 Å². The molecular formula is C22H46O4. The Kier molecular flexibility index (Phi) is 16.9. The van der Waals surface area contributed by atoms with Gasteiger partial charge in [-0.3, -0.25) is 0 Å². The van der Waals surface area contributed by atoms with Gasteiger partial charge in [0, 0.05) is 32.3 Å². The number of hydrogen-bond donors (Lipinski definition) is 0. The van der Waals surface area contributed by atoms with Gasteiger partial charge in [-0.2, -0.15) is 0 Å². The first-order valence-corrected chi connectivity index (χ1v) is 11.1. The van der Waals surface area contributed by atoms with Crippen LogP contribution in [-0.2, 0) is 18.9 Å². The molecule has 0 saturated carbocycles. The Hall–Kier alpha value is -0.160. The maximum Gasteiger partial charge on any atom is 0.285 e. The number of hydrogen-bond acceptors (Lipinski definition) is 4. The molecular weight excluding hydrogens is 328 g/mol. The summed E-state index contributed by atoms with van der Waals surface area (Å²) in [5.41, 5.74) is 0. The Morgan fingerprint density at radius 2 is 1.15 bits per heavy atom. The Bertz CT molecular complexity index is 277. The van der Waals surface area contributed by atoms with Crippen molar-refractivity contribution in [2.45, 2.75) is 111 Å². The molecule has 0 bridgehead atoms. The van der Waals surface area contributed by atoms with Gasteiger partial charge < -0.3 is 18.9 Å². The molecule has 0 aromatic rings. The fourth-order valence-electron chi connectivity index (χ4n) is 3.40. The lowest BCUT2D eigenvalue weighted by Crippen LogP contribution is -2.47. The van der Waals surface area contributed by atoms with Gasteiger partial charge in [0.15, 0.2) is 0 Å². The second-order valence-corrected chi connectivity index (χ2v) is 7.22. The predicted octanol–water partition coefficient (Wildman–Crippen LogP) is 6.32. The molecule has 0 N–H and O–H groups in total. The molecule has 0 aliphatic carbocycles. The van der Waals surface area contributed by atoms with Crippen molar-refractivity contribution >= 4 is 0 Å². The van der Waals surface area contributed by atoms with E-state index < -0.39 is 5.97 Å². The van der Waals surface area contributed by atoms with E-state index in [1.165, 1.54) is 38.5 Å². The van der Waals surface area contributed by atoms with Crippen LogP contribution < -0.4 is 0 Å². The first-order chi connectivity index (χ1) is 12.6. The zero-order valence-corrected chi connectivity index (χ0v) is 18.5. The molecule has 0 spiro atoms. The van der Waals surface area contributed by atoms with Crippen LogP contribution in [0.15, 0.2) is 0 Å². The highest BCUT2D eigenvalue weighted by Gasteiger charge is 2.41. The lowest BCUT2D eigenvalue weighted by atomic mass is 9.93. The van der Waals surface area contributed by atoms with E-state index in [-0.39, 0.29) is 12.0 Å². The van der Waals surface area contributed by atoms with Crippen molar-refractivity contribution in [2.24, 2.45) is 5.92 Å². The summed E-state index contributed by atoms with van der Waals surface area (Å²) in [5, 5.41) is 0. The second-order valence-electron chi connectivity index (χ2n) is 7.22. The van der Waals surface area contributed by atoms with E-state index in [0.29, 0.717) is 19.8 Å². The Morgan fingerprint density at radius 3 is 1.65 bits per heavy atom. The van der Waals surface area contributed by atoms with Gasteiger partial charge in [0.05, 0.1) is 6.10 Å². The average molecular weight is 375 g/mol. The van der Waals surface area contributed by atoms with Crippen molar-refractivity contribution in [1.82, 2.24) is 0 Å². The molecule has 1 unspecified atom stereocenters. The van der Waals surface area contributed by atoms with Crippen molar-refractivity contribution < 1.29 is 18.9 Å². The lowest BCUT2D eigenvalue weighted by molar-refractivity contribution is -0.403. The quantitative estimate of drug-likeness (QED) is 0.196. The zero-order chi connectivity index (χ0) is 19.7. The molecule has 0 aromatic heterocycles. The molecule has 0 fully saturated rings. The first kappa shape index (κ1) is 25.8. The molecule has 0 radical (unpaired) electrons. The van der Waals surface area contributed by atoms with Gasteiger partial charge in [-0.1, -0.05) is 45.4 Å². The molecule has 0 amide bonds. The summed E-state index contributed by atoms with van der Waals surface area (Å²) in [6.07, 6.45) is 11.1. The zero-order valence-electron chi connectivity index (χ0n) is 18.5. The van der Waals surface area contributed by atoms with Crippen LogP contribution in [0.3, 0.4) is 0 Å². The molecule has 4 heteroatoms. The highest BCUT2D eigenvalue weighted by atomic mass is 16.9. The maximum absolute atomic E-state index is 6.06. The van der Waals surface area contributed by atoms with E-state index in [1.54, 1.807) is 0 Å². The minimum absolute atomic E-state index is 0.240. The molecule has 0 aliphatic rings. The van der Waals surface area contributed by atoms with Gasteiger partial charge in [0.2, 0.25) is 0 Å². The van der Waals surface area contributed by atoms with Gasteiger partial charge in [-0.25, -0.2) is 0 Å². The summed E-state index contributed by atoms with van der Waals surface area (Å²) in [7, 11) is 0. The Balaban J connectivity index is 4.80. The van der Waals surface area contributed by atoms with Crippen LogP contribution >= 0.6 is 0 Å². The van der Waals surface area contributed by atoms with E-state index in [1.807, 2.05) is 20.8 Å². The normalized spacial score (nSPS) is 13.5. The van der Waals surface area contributed by atoms with E-state index in [4.69, 9.17) is 18.9 Å². The van der Waals surface area contributed by atoms with E-state index in [0.717, 1.165) is 25.9 Å². The monoisotopic (exact) mass is 374 g/mol. The summed E-state index contributed by atoms with van der Waals surface area (Å²) in [5.74, 6) is -0.663. The minimum Gasteiger partial charge on any atom is -0.379 e. The standard InChI is InChI=1S/C22H46O4/c1-7-11-12-13-14-15-17-21(18-16-19-23-20(5)6)22(24-8-2,25-9-3)26-10-4/h20-21H,7-19H2,1-6H3. The van der Waals surface area contributed by atoms with E-state index in [9.17, 15) is 0 Å². The largest absolute Gasteiger partial charge is 0.379 e. The van der Waals surface area contributed by atoms with Gasteiger partial charge >= 0.3 is 0 Å². The van der Waals surface area contributed by atoms with Crippen molar-refractivity contribution in [3.63, 3.8) is 0 Å². The molecule has 0 aromatic carbocycles. The second kappa shape index (κ2) is 17.0. The lowest BCUT2D eigenvalue weighted by Gasteiger charge is -2.39. The summed E-state index contributed by atoms with van der Waals surface area (Å²) >= 11 is 0. The third kappa shape index (κ3) is 11.5. The van der Waals surface area contributed by atoms with E-state index in [2.05, 4.69) is 20.8 Å². The number of unbranched alkanes of at least 4 members (excludes halogenated alkanes) is 5. The van der Waals surface area contributed by atoms with Crippen LogP contribution in [-0.4, -0.2) is 38.5 Å². The molecule has 0 rings (SSSR count). The SMILES string of the molecule is CCCCCCCCC(CCCOC(C)C)C(OCC)(OCC)OCC. The highest BCUT2D eigenvalue weighted by Crippen LogP contribution is 2.34. The number of ether oxygens (including phenoxy) is 4. The average Bonchev–Trinajstić information content (AvgIpc) is 2.60. The third-order valence-electron chi connectivity index (χ3n) is 4.59. The van der Waals surface area contributed by atoms with Crippen LogP contribution in [0.4, 0.5) is 0 Å². The highest BCUT2D eigenvalue weighted by molar-refractivity contribution is 4.73. The van der Waals surface area contributed by atoms with Crippen molar-refractivity contribution in [2.75, 3.05) is 26.4 Å². The van der Waals surface area contributed by atoms with Crippen molar-refractivity contribution in [3.8, 4) is 0 Å². The molecule has 4 nitrogen and oxygen atoms in total. The maximum atomic E-state index is 6.06. The molecule has 0 aliphatic heterocycles. The third-order valence-corrected chi connectivity index (χ3v) is 4.59. The van der Waals surface area contributed by atoms with Gasteiger partial charge in [-0.05, 0) is 53.9 Å². The van der Waals surface area contributed by atoms with Crippen LogP contribution in [0.1, 0.15) is 99.3 Å². The summed E-state index contributed by atoms with van der Waals surface area (Å²) < 4.78 is 23.9. The Labute approximate surface area is 163 Å². The summed E-state index contributed by atoms with van der Waals surface area (Å²) in [4.78, 5) is 0. The van der Waals surface area contributed by atoms with Crippen LogP contribution in [0, 0.1) is 5.92 Å². The minimum atomic E-state index is -0.903. The van der Waals surface area contributed by atoms with Crippen molar-refractivity contribution in [3.05, 3.63) is 0 Å². The van der Waals surface area contributed by atoms with Gasteiger partial charge in [0.1, 0.15) is 0 Å². The van der Waals surface area contributed by atoms with Crippen LogP contribution in [0.2, 0.25) is 0 Å². The predicted molar refractivity (Wildman–Crippen MR) is 109 cm³/mol. The summed E-state index contributed by atoms with van der Waals surface area (Å²) in [6, 6.07) is 0. The van der Waals surface area contributed by atoms with Gasteiger partial charge in [-0.15, -0.1) is 0 Å². The van der Waals surface area contributed by atoms with Gasteiger partial charge in [0.25, 0.3) is 5.97 Å². The smallest absolute Gasteiger partial charge is 0.285 e. The Morgan fingerprint density at radius 1 is 0.654 bits per heavy atom. The first-order valence-electron chi connectivity index (χ1n) is 11.1. The van der Waals surface area contributed by atoms with Crippen LogP contribution in [0.25, 0.3) is 0 Å². The molecule has 158 valence electrons. The van der Waals surface area contributed by atoms with Crippen LogP contribution in [0.5, 0.6) is 0 Å². The fourth-order valence-corrected chi connectivity index (χ4v) is 3.40. The molecule has 1 atom stereocenters.